The Kier molecular flexibility index (Phi) is 6.65. The van der Waals surface area contributed by atoms with Crippen LogP contribution in [0.4, 0.5) is 0 Å². The van der Waals surface area contributed by atoms with E-state index in [1.54, 1.807) is 0 Å². The van der Waals surface area contributed by atoms with Gasteiger partial charge in [0.1, 0.15) is 0 Å². The molecule has 2 unspecified atom stereocenters. The fraction of sp³-hybridized carbons (Fsp3) is 0.667. The number of hydrogen-bond acceptors (Lipinski definition) is 2. The molecule has 4 heteroatoms. The lowest BCUT2D eigenvalue weighted by molar-refractivity contribution is -0.144. The van der Waals surface area contributed by atoms with E-state index in [0.717, 1.165) is 6.42 Å². The Labute approximate surface area is 86.3 Å². The maximum Gasteiger partial charge on any atom is 0.308 e. The van der Waals surface area contributed by atoms with E-state index in [1.807, 2.05) is 0 Å². The second-order valence-corrected chi connectivity index (χ2v) is 3.25. The highest BCUT2D eigenvalue weighted by molar-refractivity contribution is 9.12. The van der Waals surface area contributed by atoms with Crippen LogP contribution in [0.5, 0.6) is 0 Å². The van der Waals surface area contributed by atoms with Gasteiger partial charge in [-0.15, -0.1) is 0 Å². The van der Waals surface area contributed by atoms with E-state index in [9.17, 15) is 9.90 Å². The van der Waals surface area contributed by atoms with Gasteiger partial charge >= 0.3 is 5.97 Å². The first-order valence-electron chi connectivity index (χ1n) is 4.09. The molecule has 0 aliphatic heterocycles. The zero-order valence-electron chi connectivity index (χ0n) is 7.46. The van der Waals surface area contributed by atoms with Crippen molar-refractivity contribution < 1.29 is 15.0 Å². The molecule has 0 aliphatic carbocycles. The average Bonchev–Trinajstić information content (AvgIpc) is 2.10. The number of unbranched alkanes of at least 4 members (excludes halogenated alkanes) is 1. The molecule has 0 saturated heterocycles. The summed E-state index contributed by atoms with van der Waals surface area (Å²) in [5, 5.41) is 17.9. The van der Waals surface area contributed by atoms with Gasteiger partial charge in [-0.25, -0.2) is 0 Å². The molecule has 0 spiro atoms. The Morgan fingerprint density at radius 2 is 2.23 bits per heavy atom. The smallest absolute Gasteiger partial charge is 0.308 e. The minimum atomic E-state index is -0.959. The molecule has 0 saturated carbocycles. The van der Waals surface area contributed by atoms with Gasteiger partial charge in [0.05, 0.1) is 12.0 Å². The number of aliphatic hydroxyl groups excluding tert-OH is 1. The van der Waals surface area contributed by atoms with E-state index >= 15 is 0 Å². The van der Waals surface area contributed by atoms with E-state index in [-0.39, 0.29) is 0 Å². The van der Waals surface area contributed by atoms with Gasteiger partial charge in [0, 0.05) is 22.4 Å². The van der Waals surface area contributed by atoms with Gasteiger partial charge in [-0.05, 0) is 24.6 Å². The number of carbonyl (C=O) groups is 1. The van der Waals surface area contributed by atoms with E-state index in [4.69, 9.17) is 5.11 Å². The summed E-state index contributed by atoms with van der Waals surface area (Å²) < 4.78 is 0. The van der Waals surface area contributed by atoms with Crippen molar-refractivity contribution in [2.24, 2.45) is 5.92 Å². The molecule has 0 aromatic rings. The summed E-state index contributed by atoms with van der Waals surface area (Å²) in [6.45, 7) is 1.50. The van der Waals surface area contributed by atoms with Gasteiger partial charge in [-0.3, -0.25) is 4.79 Å². The van der Waals surface area contributed by atoms with Gasteiger partial charge in [0.15, 0.2) is 0 Å². The molecule has 13 heavy (non-hydrogen) atoms. The predicted octanol–water partition coefficient (Wildman–Crippen LogP) is 1.59. The fourth-order valence-electron chi connectivity index (χ4n) is 0.861. The number of rotatable bonds is 5. The van der Waals surface area contributed by atoms with Crippen LogP contribution in [0.2, 0.25) is 0 Å². The van der Waals surface area contributed by atoms with E-state index in [0.29, 0.717) is 12.8 Å². The standard InChI is InChI=1S/C9H13BrO3/c1-7(9(12)13)8(11)5-3-2-4-6-10/h7-8,11H,2-3,5H2,1H3,(H,12,13). The van der Waals surface area contributed by atoms with Crippen molar-refractivity contribution in [3.8, 4) is 10.8 Å². The molecular formula is C9H13BrO3. The summed E-state index contributed by atoms with van der Waals surface area (Å²) in [6.07, 6.45) is 1.11. The average molecular weight is 249 g/mol. The third-order valence-corrected chi connectivity index (χ3v) is 2.12. The van der Waals surface area contributed by atoms with Gasteiger partial charge in [0.25, 0.3) is 0 Å². The van der Waals surface area contributed by atoms with Gasteiger partial charge < -0.3 is 10.2 Å². The van der Waals surface area contributed by atoms with Crippen LogP contribution in [0.1, 0.15) is 26.2 Å². The van der Waals surface area contributed by atoms with E-state index < -0.39 is 18.0 Å². The first kappa shape index (κ1) is 12.5. The SMILES string of the molecule is CC(C(=O)O)C(O)CCCC#CBr. The normalized spacial score (nSPS) is 14.1. The van der Waals surface area contributed by atoms with Crippen LogP contribution in [0.15, 0.2) is 0 Å². The summed E-state index contributed by atoms with van der Waals surface area (Å²) in [5.74, 6) is 1.12. The number of halogens is 1. The summed E-state index contributed by atoms with van der Waals surface area (Å²) in [4.78, 5) is 13.0. The molecule has 0 aromatic carbocycles. The second kappa shape index (κ2) is 6.93. The highest BCUT2D eigenvalue weighted by Gasteiger charge is 2.20. The Hall–Kier alpha value is -0.530. The minimum Gasteiger partial charge on any atom is -0.481 e. The van der Waals surface area contributed by atoms with Crippen LogP contribution in [-0.2, 0) is 4.79 Å². The van der Waals surface area contributed by atoms with Crippen molar-refractivity contribution >= 4 is 21.9 Å². The monoisotopic (exact) mass is 248 g/mol. The topological polar surface area (TPSA) is 57.5 Å². The number of aliphatic hydroxyl groups is 1. The van der Waals surface area contributed by atoms with Crippen molar-refractivity contribution in [2.45, 2.75) is 32.3 Å². The van der Waals surface area contributed by atoms with Crippen molar-refractivity contribution in [2.75, 3.05) is 0 Å². The van der Waals surface area contributed by atoms with Gasteiger partial charge in [0.2, 0.25) is 0 Å². The van der Waals surface area contributed by atoms with Gasteiger partial charge in [-0.1, -0.05) is 5.92 Å². The molecule has 0 aromatic heterocycles. The lowest BCUT2D eigenvalue weighted by Gasteiger charge is -2.13. The molecule has 0 aliphatic rings. The molecule has 2 atom stereocenters. The third kappa shape index (κ3) is 5.67. The Morgan fingerprint density at radius 1 is 1.62 bits per heavy atom. The lowest BCUT2D eigenvalue weighted by atomic mass is 10.00. The van der Waals surface area contributed by atoms with Crippen LogP contribution in [0.3, 0.4) is 0 Å². The first-order valence-corrected chi connectivity index (χ1v) is 4.88. The molecule has 0 fully saturated rings. The summed E-state index contributed by atoms with van der Waals surface area (Å²) >= 11 is 2.95. The van der Waals surface area contributed by atoms with Gasteiger partial charge in [-0.2, -0.15) is 0 Å². The lowest BCUT2D eigenvalue weighted by Crippen LogP contribution is -2.25. The molecule has 0 bridgehead atoms. The zero-order chi connectivity index (χ0) is 10.3. The van der Waals surface area contributed by atoms with Crippen LogP contribution in [0, 0.1) is 16.7 Å². The van der Waals surface area contributed by atoms with Crippen LogP contribution in [0.25, 0.3) is 0 Å². The Bertz CT molecular complexity index is 217. The number of hydrogen-bond donors (Lipinski definition) is 2. The summed E-state index contributed by atoms with van der Waals surface area (Å²) in [5.41, 5.74) is 0. The number of carboxylic acids is 1. The molecule has 3 nitrogen and oxygen atoms in total. The van der Waals surface area contributed by atoms with Crippen molar-refractivity contribution in [1.82, 2.24) is 0 Å². The molecular weight excluding hydrogens is 236 g/mol. The summed E-state index contributed by atoms with van der Waals surface area (Å²) in [7, 11) is 0. The van der Waals surface area contributed by atoms with Crippen molar-refractivity contribution in [3.63, 3.8) is 0 Å². The van der Waals surface area contributed by atoms with Crippen LogP contribution in [-0.4, -0.2) is 22.3 Å². The predicted molar refractivity (Wildman–Crippen MR) is 53.4 cm³/mol. The fourth-order valence-corrected chi connectivity index (χ4v) is 1.06. The Morgan fingerprint density at radius 3 is 2.69 bits per heavy atom. The Balaban J connectivity index is 3.65. The zero-order valence-corrected chi connectivity index (χ0v) is 9.04. The number of carboxylic acid groups (broad SMARTS) is 1. The molecule has 0 rings (SSSR count). The molecule has 74 valence electrons. The highest BCUT2D eigenvalue weighted by Crippen LogP contribution is 2.10. The molecule has 0 radical (unpaired) electrons. The first-order chi connectivity index (χ1) is 6.09. The van der Waals surface area contributed by atoms with Crippen LogP contribution < -0.4 is 0 Å². The molecule has 2 N–H and O–H groups in total. The third-order valence-electron chi connectivity index (χ3n) is 1.84. The molecule has 0 heterocycles. The molecule has 0 amide bonds. The van der Waals surface area contributed by atoms with Crippen molar-refractivity contribution in [3.05, 3.63) is 0 Å². The maximum atomic E-state index is 10.4. The quantitative estimate of drug-likeness (QED) is 0.574. The van der Waals surface area contributed by atoms with Crippen LogP contribution >= 0.6 is 15.9 Å². The number of aliphatic carboxylic acids is 1. The van der Waals surface area contributed by atoms with E-state index in [1.165, 1.54) is 6.92 Å². The maximum absolute atomic E-state index is 10.4. The largest absolute Gasteiger partial charge is 0.481 e. The summed E-state index contributed by atoms with van der Waals surface area (Å²) in [6, 6.07) is 0. The second-order valence-electron chi connectivity index (χ2n) is 2.86. The highest BCUT2D eigenvalue weighted by atomic mass is 79.9. The van der Waals surface area contributed by atoms with Crippen molar-refractivity contribution in [1.29, 1.82) is 0 Å². The van der Waals surface area contributed by atoms with E-state index in [2.05, 4.69) is 26.7 Å². The minimum absolute atomic E-state index is 0.481.